The molecule has 0 atom stereocenters. The number of hydrogen-bond acceptors (Lipinski definition) is 4. The zero-order valence-electron chi connectivity index (χ0n) is 10.7. The molecule has 0 bridgehead atoms. The van der Waals surface area contributed by atoms with E-state index >= 15 is 0 Å². The largest absolute Gasteiger partial charge is 0.511 e. The van der Waals surface area contributed by atoms with E-state index in [1.165, 1.54) is 0 Å². The molecule has 0 fully saturated rings. The number of rotatable bonds is 2. The molecule has 0 aliphatic heterocycles. The fraction of sp³-hybridized carbons (Fsp3) is 0.0667. The summed E-state index contributed by atoms with van der Waals surface area (Å²) in [5.74, 6) is 0.520. The Labute approximate surface area is 119 Å². The number of benzene rings is 2. The van der Waals surface area contributed by atoms with Crippen LogP contribution in [0.4, 0.5) is 9.59 Å². The lowest BCUT2D eigenvalue weighted by Gasteiger charge is -2.04. The second kappa shape index (κ2) is 4.82. The van der Waals surface area contributed by atoms with Crippen LogP contribution >= 0.6 is 0 Å². The van der Waals surface area contributed by atoms with Gasteiger partial charge in [0.25, 0.3) is 0 Å². The van der Waals surface area contributed by atoms with Gasteiger partial charge in [0.05, 0.1) is 0 Å². The summed E-state index contributed by atoms with van der Waals surface area (Å²) < 4.78 is 9.26. The average molecular weight is 286 g/mol. The highest BCUT2D eigenvalue weighted by Gasteiger charge is 2.20. The first-order valence-corrected chi connectivity index (χ1v) is 6.11. The Bertz CT molecular complexity index is 686. The topological polar surface area (TPSA) is 93.1 Å². The van der Waals surface area contributed by atoms with Gasteiger partial charge in [-0.3, -0.25) is 0 Å². The molecule has 106 valence electrons. The van der Waals surface area contributed by atoms with Crippen LogP contribution in [0, 0.1) is 0 Å². The predicted molar refractivity (Wildman–Crippen MR) is 72.0 cm³/mol. The van der Waals surface area contributed by atoms with Crippen molar-refractivity contribution in [2.75, 3.05) is 0 Å². The summed E-state index contributed by atoms with van der Waals surface area (Å²) in [6.07, 6.45) is -2.15. The number of ether oxygens (including phenoxy) is 2. The number of carboxylic acid groups (broad SMARTS) is 2. The molecule has 0 saturated heterocycles. The SMILES string of the molecule is O=C(O)Oc1ccc2c(c1)Cc1cc(OC(=O)O)ccc1-2. The lowest BCUT2D eigenvalue weighted by Crippen LogP contribution is -2.03. The quantitative estimate of drug-likeness (QED) is 0.554. The molecule has 0 saturated carbocycles. The van der Waals surface area contributed by atoms with Gasteiger partial charge in [-0.05, 0) is 52.9 Å². The average Bonchev–Trinajstić information content (AvgIpc) is 2.73. The van der Waals surface area contributed by atoms with Crippen molar-refractivity contribution in [2.24, 2.45) is 0 Å². The normalized spacial score (nSPS) is 11.4. The minimum atomic E-state index is -1.36. The van der Waals surface area contributed by atoms with E-state index in [1.54, 1.807) is 36.4 Å². The fourth-order valence-corrected chi connectivity index (χ4v) is 2.49. The Morgan fingerprint density at radius 1 is 0.810 bits per heavy atom. The molecule has 3 rings (SSSR count). The molecule has 2 aromatic carbocycles. The summed E-state index contributed by atoms with van der Waals surface area (Å²) >= 11 is 0. The highest BCUT2D eigenvalue weighted by Crippen LogP contribution is 2.39. The van der Waals surface area contributed by atoms with Crippen molar-refractivity contribution >= 4 is 12.3 Å². The summed E-state index contributed by atoms with van der Waals surface area (Å²) in [5, 5.41) is 17.2. The van der Waals surface area contributed by atoms with Crippen LogP contribution < -0.4 is 9.47 Å². The second-order valence-electron chi connectivity index (χ2n) is 4.55. The zero-order valence-corrected chi connectivity index (χ0v) is 10.7. The van der Waals surface area contributed by atoms with E-state index in [9.17, 15) is 9.59 Å². The molecule has 2 N–H and O–H groups in total. The maximum Gasteiger partial charge on any atom is 0.511 e. The van der Waals surface area contributed by atoms with Gasteiger partial charge in [-0.2, -0.15) is 0 Å². The van der Waals surface area contributed by atoms with Crippen LogP contribution in [0.2, 0.25) is 0 Å². The molecule has 2 aromatic rings. The van der Waals surface area contributed by atoms with Gasteiger partial charge < -0.3 is 19.7 Å². The van der Waals surface area contributed by atoms with E-state index in [1.807, 2.05) is 0 Å². The van der Waals surface area contributed by atoms with Crippen LogP contribution in [0.25, 0.3) is 11.1 Å². The summed E-state index contributed by atoms with van der Waals surface area (Å²) in [5.41, 5.74) is 3.81. The van der Waals surface area contributed by atoms with Gasteiger partial charge in [-0.1, -0.05) is 12.1 Å². The van der Waals surface area contributed by atoms with Crippen LogP contribution in [-0.2, 0) is 6.42 Å². The first-order chi connectivity index (χ1) is 10.0. The van der Waals surface area contributed by atoms with Crippen molar-refractivity contribution in [3.63, 3.8) is 0 Å². The monoisotopic (exact) mass is 286 g/mol. The van der Waals surface area contributed by atoms with E-state index < -0.39 is 12.3 Å². The summed E-state index contributed by atoms with van der Waals surface area (Å²) in [6, 6.07) is 10.1. The van der Waals surface area contributed by atoms with E-state index in [2.05, 4.69) is 9.47 Å². The van der Waals surface area contributed by atoms with Gasteiger partial charge in [0.15, 0.2) is 0 Å². The van der Waals surface area contributed by atoms with E-state index in [4.69, 9.17) is 10.2 Å². The summed E-state index contributed by atoms with van der Waals surface area (Å²) in [4.78, 5) is 21.1. The Balaban J connectivity index is 1.93. The molecule has 0 amide bonds. The molecule has 0 spiro atoms. The van der Waals surface area contributed by atoms with Gasteiger partial charge in [0.1, 0.15) is 11.5 Å². The predicted octanol–water partition coefficient (Wildman–Crippen LogP) is 3.37. The van der Waals surface area contributed by atoms with E-state index in [0.29, 0.717) is 6.42 Å². The Kier molecular flexibility index (Phi) is 2.98. The van der Waals surface area contributed by atoms with Crippen molar-refractivity contribution in [1.82, 2.24) is 0 Å². The first-order valence-electron chi connectivity index (χ1n) is 6.11. The molecule has 6 nitrogen and oxygen atoms in total. The standard InChI is InChI=1S/C15H10O6/c16-14(17)20-10-1-3-12-8(6-10)5-9-7-11(21-15(18)19)2-4-13(9)12/h1-4,6-7H,5H2,(H,16,17)(H,18,19). The minimum absolute atomic E-state index is 0.260. The van der Waals surface area contributed by atoms with Crippen LogP contribution in [0.3, 0.4) is 0 Å². The van der Waals surface area contributed by atoms with Crippen molar-refractivity contribution in [2.45, 2.75) is 6.42 Å². The molecule has 1 aliphatic carbocycles. The van der Waals surface area contributed by atoms with Gasteiger partial charge in [-0.15, -0.1) is 0 Å². The zero-order chi connectivity index (χ0) is 15.0. The molecule has 1 aliphatic rings. The lowest BCUT2D eigenvalue weighted by atomic mass is 10.1. The molecular weight excluding hydrogens is 276 g/mol. The smallest absolute Gasteiger partial charge is 0.449 e. The molecule has 6 heteroatoms. The molecule has 0 radical (unpaired) electrons. The second-order valence-corrected chi connectivity index (χ2v) is 4.55. The summed E-state index contributed by atoms with van der Waals surface area (Å²) in [6.45, 7) is 0. The lowest BCUT2D eigenvalue weighted by molar-refractivity contribution is 0.143. The van der Waals surface area contributed by atoms with Gasteiger partial charge in [0.2, 0.25) is 0 Å². The number of hydrogen-bond donors (Lipinski definition) is 2. The third-order valence-corrected chi connectivity index (χ3v) is 3.23. The molecule has 21 heavy (non-hydrogen) atoms. The van der Waals surface area contributed by atoms with Gasteiger partial charge in [-0.25, -0.2) is 9.59 Å². The van der Waals surface area contributed by atoms with E-state index in [0.717, 1.165) is 22.3 Å². The highest BCUT2D eigenvalue weighted by molar-refractivity contribution is 5.79. The minimum Gasteiger partial charge on any atom is -0.449 e. The van der Waals surface area contributed by atoms with Crippen LogP contribution in [-0.4, -0.2) is 22.5 Å². The first kappa shape index (κ1) is 13.0. The van der Waals surface area contributed by atoms with Gasteiger partial charge >= 0.3 is 12.3 Å². The number of fused-ring (bicyclic) bond motifs is 3. The number of carbonyl (C=O) groups is 2. The highest BCUT2D eigenvalue weighted by atomic mass is 16.7. The Morgan fingerprint density at radius 2 is 1.24 bits per heavy atom. The van der Waals surface area contributed by atoms with Crippen molar-refractivity contribution < 1.29 is 29.3 Å². The molecule has 0 unspecified atom stereocenters. The maximum absolute atomic E-state index is 10.5. The third kappa shape index (κ3) is 2.51. The Hall–Kier alpha value is -3.02. The van der Waals surface area contributed by atoms with Gasteiger partial charge in [0, 0.05) is 0 Å². The molecule has 0 heterocycles. The van der Waals surface area contributed by atoms with Crippen LogP contribution in [0.15, 0.2) is 36.4 Å². The fourth-order valence-electron chi connectivity index (χ4n) is 2.49. The maximum atomic E-state index is 10.5. The van der Waals surface area contributed by atoms with Crippen LogP contribution in [0.1, 0.15) is 11.1 Å². The third-order valence-electron chi connectivity index (χ3n) is 3.23. The van der Waals surface area contributed by atoms with Crippen molar-refractivity contribution in [3.8, 4) is 22.6 Å². The van der Waals surface area contributed by atoms with E-state index in [-0.39, 0.29) is 11.5 Å². The Morgan fingerprint density at radius 3 is 1.62 bits per heavy atom. The van der Waals surface area contributed by atoms with Crippen LogP contribution in [0.5, 0.6) is 11.5 Å². The van der Waals surface area contributed by atoms with Crippen molar-refractivity contribution in [3.05, 3.63) is 47.5 Å². The summed E-state index contributed by atoms with van der Waals surface area (Å²) in [7, 11) is 0. The molecular formula is C15H10O6. The molecule has 0 aromatic heterocycles. The van der Waals surface area contributed by atoms with Crippen molar-refractivity contribution in [1.29, 1.82) is 0 Å².